The second-order valence-corrected chi connectivity index (χ2v) is 9.34. The van der Waals surface area contributed by atoms with E-state index in [2.05, 4.69) is 10.0 Å². The maximum Gasteiger partial charge on any atom is 0.265 e. The van der Waals surface area contributed by atoms with Crippen molar-refractivity contribution in [2.75, 3.05) is 10.0 Å². The molecule has 0 aromatic heterocycles. The van der Waals surface area contributed by atoms with Crippen LogP contribution in [0, 0.1) is 6.92 Å². The van der Waals surface area contributed by atoms with Crippen LogP contribution in [0.5, 0.6) is 5.75 Å². The lowest BCUT2D eigenvalue weighted by Gasteiger charge is -2.15. The van der Waals surface area contributed by atoms with E-state index < -0.39 is 16.1 Å². The van der Waals surface area contributed by atoms with E-state index in [0.717, 1.165) is 5.56 Å². The lowest BCUT2D eigenvalue weighted by atomic mass is 10.2. The van der Waals surface area contributed by atoms with Gasteiger partial charge in [0, 0.05) is 10.7 Å². The Morgan fingerprint density at radius 3 is 2.23 bits per heavy atom. The minimum absolute atomic E-state index is 0.0143. The van der Waals surface area contributed by atoms with Crippen molar-refractivity contribution < 1.29 is 17.9 Å². The van der Waals surface area contributed by atoms with Crippen molar-refractivity contribution in [3.8, 4) is 5.75 Å². The van der Waals surface area contributed by atoms with Crippen LogP contribution in [0.1, 0.15) is 12.5 Å². The highest BCUT2D eigenvalue weighted by molar-refractivity contribution is 7.92. The average Bonchev–Trinajstić information content (AvgIpc) is 2.72. The predicted octanol–water partition coefficient (Wildman–Crippen LogP) is 5.51. The van der Waals surface area contributed by atoms with Crippen molar-refractivity contribution in [3.63, 3.8) is 0 Å². The summed E-state index contributed by atoms with van der Waals surface area (Å²) < 4.78 is 33.2. The average molecular weight is 479 g/mol. The maximum absolute atomic E-state index is 12.6. The fourth-order valence-electron chi connectivity index (χ4n) is 2.61. The van der Waals surface area contributed by atoms with Gasteiger partial charge in [-0.25, -0.2) is 8.42 Å². The van der Waals surface area contributed by atoms with E-state index in [-0.39, 0.29) is 21.5 Å². The van der Waals surface area contributed by atoms with Crippen LogP contribution in [0.3, 0.4) is 0 Å². The zero-order chi connectivity index (χ0) is 22.6. The molecule has 3 aromatic carbocycles. The summed E-state index contributed by atoms with van der Waals surface area (Å²) in [6.07, 6.45) is -0.736. The Kier molecular flexibility index (Phi) is 7.10. The van der Waals surface area contributed by atoms with Gasteiger partial charge in [-0.3, -0.25) is 9.52 Å². The maximum atomic E-state index is 12.6. The number of ether oxygens (including phenoxy) is 1. The van der Waals surface area contributed by atoms with E-state index >= 15 is 0 Å². The van der Waals surface area contributed by atoms with Gasteiger partial charge < -0.3 is 10.1 Å². The van der Waals surface area contributed by atoms with Gasteiger partial charge in [0.2, 0.25) is 0 Å². The Labute approximate surface area is 191 Å². The molecule has 0 heterocycles. The van der Waals surface area contributed by atoms with Crippen LogP contribution in [0.25, 0.3) is 0 Å². The molecule has 2 N–H and O–H groups in total. The molecule has 0 aliphatic rings. The van der Waals surface area contributed by atoms with Crippen molar-refractivity contribution in [1.82, 2.24) is 0 Å². The molecule has 9 heteroatoms. The summed E-state index contributed by atoms with van der Waals surface area (Å²) in [7, 11) is -3.87. The van der Waals surface area contributed by atoms with Gasteiger partial charge in [-0.2, -0.15) is 0 Å². The molecule has 6 nitrogen and oxygen atoms in total. The van der Waals surface area contributed by atoms with E-state index in [4.69, 9.17) is 27.9 Å². The molecule has 0 unspecified atom stereocenters. The second kappa shape index (κ2) is 9.60. The fraction of sp³-hybridized carbons (Fsp3) is 0.136. The molecule has 0 aliphatic carbocycles. The van der Waals surface area contributed by atoms with Crippen LogP contribution in [0.2, 0.25) is 10.0 Å². The van der Waals surface area contributed by atoms with E-state index in [0.29, 0.717) is 16.5 Å². The molecule has 162 valence electrons. The van der Waals surface area contributed by atoms with E-state index in [9.17, 15) is 13.2 Å². The standard InChI is InChI=1S/C22H20Cl2N2O4S/c1-14-3-8-18(9-4-14)30-15(2)22(27)25-17-6-10-19(11-7-17)31(28,29)26-21-12-5-16(23)13-20(21)24/h3-13,15,26H,1-2H3,(H,25,27)/t15-/m0/s1. The number of hydrogen-bond donors (Lipinski definition) is 2. The van der Waals surface area contributed by atoms with Gasteiger partial charge in [-0.15, -0.1) is 0 Å². The monoisotopic (exact) mass is 478 g/mol. The Hall–Kier alpha value is -2.74. The SMILES string of the molecule is Cc1ccc(O[C@@H](C)C(=O)Nc2ccc(S(=O)(=O)Nc3ccc(Cl)cc3Cl)cc2)cc1. The van der Waals surface area contributed by atoms with Gasteiger partial charge in [0.1, 0.15) is 5.75 Å². The number of amides is 1. The summed E-state index contributed by atoms with van der Waals surface area (Å²) in [6, 6.07) is 17.6. The van der Waals surface area contributed by atoms with Crippen molar-refractivity contribution in [3.05, 3.63) is 82.3 Å². The number of sulfonamides is 1. The van der Waals surface area contributed by atoms with Crippen LogP contribution >= 0.6 is 23.2 Å². The molecule has 3 aromatic rings. The van der Waals surface area contributed by atoms with Gasteiger partial charge in [0.25, 0.3) is 15.9 Å². The van der Waals surface area contributed by atoms with E-state index in [1.165, 1.54) is 42.5 Å². The molecule has 3 rings (SSSR count). The summed E-state index contributed by atoms with van der Waals surface area (Å²) in [4.78, 5) is 12.4. The quantitative estimate of drug-likeness (QED) is 0.468. The molecule has 1 atom stereocenters. The molecule has 31 heavy (non-hydrogen) atoms. The Bertz CT molecular complexity index is 1180. The first kappa shape index (κ1) is 22.9. The zero-order valence-electron chi connectivity index (χ0n) is 16.7. The van der Waals surface area contributed by atoms with Crippen molar-refractivity contribution in [1.29, 1.82) is 0 Å². The van der Waals surface area contributed by atoms with Gasteiger partial charge >= 0.3 is 0 Å². The van der Waals surface area contributed by atoms with Crippen LogP contribution < -0.4 is 14.8 Å². The molecule has 0 aliphatic heterocycles. The first-order valence-electron chi connectivity index (χ1n) is 9.26. The Balaban J connectivity index is 1.64. The number of nitrogens with one attached hydrogen (secondary N) is 2. The normalized spacial score (nSPS) is 12.1. The van der Waals surface area contributed by atoms with E-state index in [1.807, 2.05) is 19.1 Å². The molecule has 0 saturated carbocycles. The number of hydrogen-bond acceptors (Lipinski definition) is 4. The molecule has 0 saturated heterocycles. The van der Waals surface area contributed by atoms with Crippen LogP contribution in [0.4, 0.5) is 11.4 Å². The molecule has 0 radical (unpaired) electrons. The third kappa shape index (κ3) is 6.13. The number of carbonyl (C=O) groups excluding carboxylic acids is 1. The Morgan fingerprint density at radius 1 is 0.968 bits per heavy atom. The molecular formula is C22H20Cl2N2O4S. The summed E-state index contributed by atoms with van der Waals surface area (Å²) in [5.74, 6) is 0.226. The van der Waals surface area contributed by atoms with Crippen LogP contribution in [0.15, 0.2) is 71.6 Å². The molecule has 0 fully saturated rings. The minimum atomic E-state index is -3.87. The first-order valence-corrected chi connectivity index (χ1v) is 11.5. The summed E-state index contributed by atoms with van der Waals surface area (Å²) in [5, 5.41) is 3.28. The number of halogens is 2. The fourth-order valence-corrected chi connectivity index (χ4v) is 4.20. The van der Waals surface area contributed by atoms with Gasteiger partial charge in [0.05, 0.1) is 15.6 Å². The zero-order valence-corrected chi connectivity index (χ0v) is 19.1. The predicted molar refractivity (Wildman–Crippen MR) is 124 cm³/mol. The van der Waals surface area contributed by atoms with E-state index in [1.54, 1.807) is 19.1 Å². The highest BCUT2D eigenvalue weighted by Gasteiger charge is 2.18. The molecule has 1 amide bonds. The third-order valence-electron chi connectivity index (χ3n) is 4.31. The van der Waals surface area contributed by atoms with Crippen molar-refractivity contribution in [2.45, 2.75) is 24.8 Å². The minimum Gasteiger partial charge on any atom is -0.481 e. The highest BCUT2D eigenvalue weighted by atomic mass is 35.5. The van der Waals surface area contributed by atoms with Gasteiger partial charge in [-0.1, -0.05) is 40.9 Å². The molecular weight excluding hydrogens is 459 g/mol. The number of aryl methyl sites for hydroxylation is 1. The summed E-state index contributed by atoms with van der Waals surface area (Å²) in [6.45, 7) is 3.59. The molecule has 0 bridgehead atoms. The van der Waals surface area contributed by atoms with Gasteiger partial charge in [-0.05, 0) is 68.4 Å². The summed E-state index contributed by atoms with van der Waals surface area (Å²) in [5.41, 5.74) is 1.74. The number of rotatable bonds is 7. The van der Waals surface area contributed by atoms with Crippen LogP contribution in [-0.2, 0) is 14.8 Å². The van der Waals surface area contributed by atoms with Gasteiger partial charge in [0.15, 0.2) is 6.10 Å². The lowest BCUT2D eigenvalue weighted by molar-refractivity contribution is -0.122. The number of anilines is 2. The largest absolute Gasteiger partial charge is 0.481 e. The van der Waals surface area contributed by atoms with Crippen molar-refractivity contribution in [2.24, 2.45) is 0 Å². The topological polar surface area (TPSA) is 84.5 Å². The smallest absolute Gasteiger partial charge is 0.265 e. The number of benzene rings is 3. The third-order valence-corrected chi connectivity index (χ3v) is 6.24. The Morgan fingerprint density at radius 2 is 1.61 bits per heavy atom. The lowest BCUT2D eigenvalue weighted by Crippen LogP contribution is -2.30. The molecule has 0 spiro atoms. The first-order chi connectivity index (χ1) is 14.6. The van der Waals surface area contributed by atoms with Crippen LogP contribution in [-0.4, -0.2) is 20.4 Å². The second-order valence-electron chi connectivity index (χ2n) is 6.82. The number of carbonyl (C=O) groups is 1. The highest BCUT2D eigenvalue weighted by Crippen LogP contribution is 2.28. The van der Waals surface area contributed by atoms with Crippen molar-refractivity contribution >= 4 is 50.5 Å². The summed E-state index contributed by atoms with van der Waals surface area (Å²) >= 11 is 11.9.